The first-order chi connectivity index (χ1) is 11.6. The Labute approximate surface area is 141 Å². The lowest BCUT2D eigenvalue weighted by Gasteiger charge is -2.18. The van der Waals surface area contributed by atoms with Gasteiger partial charge in [-0.05, 0) is 30.9 Å². The maximum Gasteiger partial charge on any atom is 0.333 e. The number of nitrogens with one attached hydrogen (secondary N) is 1. The summed E-state index contributed by atoms with van der Waals surface area (Å²) in [7, 11) is 1.75. The zero-order chi connectivity index (χ0) is 17.1. The number of hydrogen-bond donors (Lipinski definition) is 1. The molecule has 0 radical (unpaired) electrons. The maximum atomic E-state index is 11.4. The highest BCUT2D eigenvalue weighted by Crippen LogP contribution is 2.30. The summed E-state index contributed by atoms with van der Waals surface area (Å²) in [5.41, 5.74) is 1.88. The number of aryl methyl sites for hydroxylation is 2. The number of para-hydroxylation sites is 1. The molecule has 1 saturated heterocycles. The second-order valence-electron chi connectivity index (χ2n) is 6.20. The molecule has 24 heavy (non-hydrogen) atoms. The minimum atomic E-state index is -0.334. The van der Waals surface area contributed by atoms with E-state index in [4.69, 9.17) is 0 Å². The van der Waals surface area contributed by atoms with Gasteiger partial charge in [-0.1, -0.05) is 25.1 Å². The molecule has 7 heteroatoms. The molecule has 0 spiro atoms. The van der Waals surface area contributed by atoms with Crippen molar-refractivity contribution in [1.82, 2.24) is 9.78 Å². The first-order valence-electron chi connectivity index (χ1n) is 8.34. The van der Waals surface area contributed by atoms with Gasteiger partial charge in [-0.3, -0.25) is 10.1 Å². The minimum Gasteiger partial charge on any atom is -0.371 e. The second kappa shape index (κ2) is 6.90. The Kier molecular flexibility index (Phi) is 4.69. The first kappa shape index (κ1) is 16.3. The molecule has 7 nitrogen and oxygen atoms in total. The molecule has 2 aromatic rings. The standard InChI is InChI=1S/C17H23N5O2/c1-3-15-16(22(23)24)17(20(2)19-15)18-11-13-9-10-21(12-13)14-7-5-4-6-8-14/h4-8,13,18H,3,9-12H2,1-2H3. The number of nitrogens with zero attached hydrogens (tertiary/aromatic N) is 4. The maximum absolute atomic E-state index is 11.4. The zero-order valence-corrected chi connectivity index (χ0v) is 14.1. The van der Waals surface area contributed by atoms with Gasteiger partial charge in [0.15, 0.2) is 0 Å². The van der Waals surface area contributed by atoms with Crippen molar-refractivity contribution in [2.75, 3.05) is 29.9 Å². The highest BCUT2D eigenvalue weighted by Gasteiger charge is 2.27. The van der Waals surface area contributed by atoms with Crippen LogP contribution in [-0.2, 0) is 13.5 Å². The summed E-state index contributed by atoms with van der Waals surface area (Å²) in [6.07, 6.45) is 1.63. The molecule has 1 aliphatic rings. The third kappa shape index (κ3) is 3.20. The van der Waals surface area contributed by atoms with Crippen LogP contribution in [0.2, 0.25) is 0 Å². The third-order valence-electron chi connectivity index (χ3n) is 4.57. The van der Waals surface area contributed by atoms with E-state index in [1.807, 2.05) is 25.1 Å². The predicted molar refractivity (Wildman–Crippen MR) is 94.5 cm³/mol. The van der Waals surface area contributed by atoms with Crippen LogP contribution in [0.25, 0.3) is 0 Å². The van der Waals surface area contributed by atoms with Gasteiger partial charge in [0, 0.05) is 32.4 Å². The smallest absolute Gasteiger partial charge is 0.333 e. The number of benzene rings is 1. The minimum absolute atomic E-state index is 0.109. The summed E-state index contributed by atoms with van der Waals surface area (Å²) < 4.78 is 1.58. The fourth-order valence-corrected chi connectivity index (χ4v) is 3.31. The molecule has 1 aromatic heterocycles. The van der Waals surface area contributed by atoms with Crippen LogP contribution in [0.5, 0.6) is 0 Å². The summed E-state index contributed by atoms with van der Waals surface area (Å²) >= 11 is 0. The molecule has 128 valence electrons. The van der Waals surface area contributed by atoms with Crippen LogP contribution < -0.4 is 10.2 Å². The Morgan fingerprint density at radius 2 is 2.12 bits per heavy atom. The summed E-state index contributed by atoms with van der Waals surface area (Å²) in [5, 5.41) is 18.9. The van der Waals surface area contributed by atoms with E-state index in [1.165, 1.54) is 5.69 Å². The summed E-state index contributed by atoms with van der Waals surface area (Å²) in [6.45, 7) is 4.58. The monoisotopic (exact) mass is 329 g/mol. The van der Waals surface area contributed by atoms with Gasteiger partial charge in [-0.2, -0.15) is 5.10 Å². The number of hydrogen-bond acceptors (Lipinski definition) is 5. The summed E-state index contributed by atoms with van der Waals surface area (Å²) in [4.78, 5) is 13.4. The van der Waals surface area contributed by atoms with Gasteiger partial charge < -0.3 is 10.2 Å². The van der Waals surface area contributed by atoms with E-state index in [-0.39, 0.29) is 10.6 Å². The van der Waals surface area contributed by atoms with E-state index < -0.39 is 0 Å². The van der Waals surface area contributed by atoms with Gasteiger partial charge >= 0.3 is 5.69 Å². The Hall–Kier alpha value is -2.57. The van der Waals surface area contributed by atoms with Crippen molar-refractivity contribution in [2.45, 2.75) is 19.8 Å². The zero-order valence-electron chi connectivity index (χ0n) is 14.1. The van der Waals surface area contributed by atoms with Crippen LogP contribution in [-0.4, -0.2) is 34.3 Å². The van der Waals surface area contributed by atoms with Crippen molar-refractivity contribution in [1.29, 1.82) is 0 Å². The number of rotatable bonds is 6. The quantitative estimate of drug-likeness (QED) is 0.651. The highest BCUT2D eigenvalue weighted by atomic mass is 16.6. The molecule has 3 rings (SSSR count). The fourth-order valence-electron chi connectivity index (χ4n) is 3.31. The lowest BCUT2D eigenvalue weighted by molar-refractivity contribution is -0.384. The molecule has 0 aliphatic carbocycles. The van der Waals surface area contributed by atoms with Crippen molar-refractivity contribution in [3.8, 4) is 0 Å². The molecule has 1 N–H and O–H groups in total. The van der Waals surface area contributed by atoms with E-state index in [9.17, 15) is 10.1 Å². The fraction of sp³-hybridized carbons (Fsp3) is 0.471. The molecule has 1 aromatic carbocycles. The average molecular weight is 329 g/mol. The molecule has 0 saturated carbocycles. The van der Waals surface area contributed by atoms with Crippen molar-refractivity contribution in [3.05, 3.63) is 46.1 Å². The topological polar surface area (TPSA) is 76.2 Å². The third-order valence-corrected chi connectivity index (χ3v) is 4.57. The molecule has 1 atom stereocenters. The Morgan fingerprint density at radius 1 is 1.38 bits per heavy atom. The van der Waals surface area contributed by atoms with Crippen LogP contribution in [0.4, 0.5) is 17.2 Å². The summed E-state index contributed by atoms with van der Waals surface area (Å²) in [5.74, 6) is 0.972. The van der Waals surface area contributed by atoms with Gasteiger partial charge in [0.2, 0.25) is 5.82 Å². The second-order valence-corrected chi connectivity index (χ2v) is 6.20. The van der Waals surface area contributed by atoms with Gasteiger partial charge in [-0.15, -0.1) is 0 Å². The predicted octanol–water partition coefficient (Wildman–Crippen LogP) is 2.83. The molecular formula is C17H23N5O2. The molecule has 1 fully saturated rings. The van der Waals surface area contributed by atoms with Crippen LogP contribution in [0.15, 0.2) is 30.3 Å². The molecule has 2 heterocycles. The van der Waals surface area contributed by atoms with Gasteiger partial charge in [0.1, 0.15) is 5.69 Å². The van der Waals surface area contributed by atoms with Gasteiger partial charge in [0.25, 0.3) is 0 Å². The number of aromatic nitrogens is 2. The van der Waals surface area contributed by atoms with Crippen molar-refractivity contribution in [2.24, 2.45) is 13.0 Å². The van der Waals surface area contributed by atoms with E-state index in [0.717, 1.165) is 19.5 Å². The van der Waals surface area contributed by atoms with E-state index in [0.29, 0.717) is 30.4 Å². The Bertz CT molecular complexity index is 713. The van der Waals surface area contributed by atoms with Crippen LogP contribution in [0.3, 0.4) is 0 Å². The van der Waals surface area contributed by atoms with Crippen molar-refractivity contribution < 1.29 is 4.92 Å². The van der Waals surface area contributed by atoms with Gasteiger partial charge in [0.05, 0.1) is 4.92 Å². The largest absolute Gasteiger partial charge is 0.371 e. The average Bonchev–Trinajstić information content (AvgIpc) is 3.18. The van der Waals surface area contributed by atoms with E-state index >= 15 is 0 Å². The van der Waals surface area contributed by atoms with Crippen LogP contribution in [0, 0.1) is 16.0 Å². The first-order valence-corrected chi connectivity index (χ1v) is 8.34. The normalized spacial score (nSPS) is 17.2. The Balaban J connectivity index is 1.65. The van der Waals surface area contributed by atoms with Crippen LogP contribution >= 0.6 is 0 Å². The van der Waals surface area contributed by atoms with Crippen molar-refractivity contribution >= 4 is 17.2 Å². The molecular weight excluding hydrogens is 306 g/mol. The SMILES string of the molecule is CCc1nn(C)c(NCC2CCN(c3ccccc3)C2)c1[N+](=O)[O-]. The van der Waals surface area contributed by atoms with Crippen molar-refractivity contribution in [3.63, 3.8) is 0 Å². The number of nitro groups is 1. The van der Waals surface area contributed by atoms with E-state index in [1.54, 1.807) is 11.7 Å². The van der Waals surface area contributed by atoms with E-state index in [2.05, 4.69) is 27.4 Å². The molecule has 0 amide bonds. The van der Waals surface area contributed by atoms with Crippen LogP contribution in [0.1, 0.15) is 19.0 Å². The molecule has 1 aliphatic heterocycles. The molecule has 1 unspecified atom stereocenters. The highest BCUT2D eigenvalue weighted by molar-refractivity contribution is 5.60. The summed E-state index contributed by atoms with van der Waals surface area (Å²) in [6, 6.07) is 10.4. The Morgan fingerprint density at radius 3 is 2.79 bits per heavy atom. The number of anilines is 2. The van der Waals surface area contributed by atoms with Gasteiger partial charge in [-0.25, -0.2) is 4.68 Å². The lowest BCUT2D eigenvalue weighted by atomic mass is 10.1. The lowest BCUT2D eigenvalue weighted by Crippen LogP contribution is -2.23. The molecule has 0 bridgehead atoms.